The molecule has 3 aliphatic heterocycles. The van der Waals surface area contributed by atoms with E-state index < -0.39 is 5.97 Å². The van der Waals surface area contributed by atoms with Crippen LogP contribution < -0.4 is 14.8 Å². The number of hydrogen-bond donors (Lipinski definition) is 1. The Morgan fingerprint density at radius 1 is 0.921 bits per heavy atom. The predicted molar refractivity (Wildman–Crippen MR) is 156 cm³/mol. The number of rotatable bonds is 2. The maximum Gasteiger partial charge on any atom is 0.337 e. The fourth-order valence-electron chi connectivity index (χ4n) is 5.96. The topological polar surface area (TPSA) is 56.7 Å². The van der Waals surface area contributed by atoms with E-state index >= 15 is 0 Å². The molecule has 0 aromatic heterocycles. The van der Waals surface area contributed by atoms with Gasteiger partial charge in [0.25, 0.3) is 0 Å². The molecule has 0 saturated heterocycles. The van der Waals surface area contributed by atoms with Crippen molar-refractivity contribution < 1.29 is 14.3 Å². The van der Waals surface area contributed by atoms with Crippen molar-refractivity contribution in [1.29, 1.82) is 0 Å². The van der Waals surface area contributed by atoms with Gasteiger partial charge in [-0.3, -0.25) is 0 Å². The van der Waals surface area contributed by atoms with Gasteiger partial charge in [-0.15, -0.1) is 0 Å². The molecule has 0 spiro atoms. The second-order valence-electron chi connectivity index (χ2n) is 10.2. The van der Waals surface area contributed by atoms with Gasteiger partial charge in [-0.05, 0) is 49.8 Å². The molecule has 6 rings (SSSR count). The van der Waals surface area contributed by atoms with Crippen LogP contribution in [-0.4, -0.2) is 38.3 Å². The Hall–Kier alpha value is -2.44. The minimum absolute atomic E-state index is 0.0209. The van der Waals surface area contributed by atoms with Gasteiger partial charge >= 0.3 is 5.97 Å². The first-order valence-corrected chi connectivity index (χ1v) is 14.1. The number of hydrogen-bond acceptors (Lipinski definition) is 3. The zero-order chi connectivity index (χ0) is 26.9. The number of carboxylic acid groups (broad SMARTS) is 1. The van der Waals surface area contributed by atoms with Crippen molar-refractivity contribution in [1.82, 2.24) is 4.58 Å². The molecule has 0 fully saturated rings. The molecule has 1 N–H and O–H groups in total. The molecule has 196 valence electrons. The van der Waals surface area contributed by atoms with Crippen LogP contribution >= 0.6 is 46.4 Å². The van der Waals surface area contributed by atoms with Crippen LogP contribution in [0.25, 0.3) is 33.4 Å². The highest BCUT2D eigenvalue weighted by Gasteiger charge is 2.33. The standard InChI is InChI=1S/C29H24Cl4N2O3/c1-34(2)15-8-9-16-19(13-15)38-28-17-7-5-11-35-10-4-3-6-14(27(17)35)12-18(28)20(16)21-22(29(36)37)24(31)26(33)25(32)23(21)30/h8-9,12-13H,3-7,10-11H2,1-2H3/p+1. The Balaban J connectivity index is 1.87. The van der Waals surface area contributed by atoms with Crippen LogP contribution in [0.3, 0.4) is 0 Å². The molecular weight excluding hydrogens is 566 g/mol. The quantitative estimate of drug-likeness (QED) is 0.113. The first-order chi connectivity index (χ1) is 18.2. The molecule has 5 nitrogen and oxygen atoms in total. The molecule has 0 bridgehead atoms. The van der Waals surface area contributed by atoms with Crippen molar-refractivity contribution in [3.05, 3.63) is 66.4 Å². The molecular formula is C29H25Cl4N2O3+. The summed E-state index contributed by atoms with van der Waals surface area (Å²) in [5, 5.41) is 11.9. The van der Waals surface area contributed by atoms with Crippen LogP contribution in [0.15, 0.2) is 28.7 Å². The van der Waals surface area contributed by atoms with E-state index in [1.807, 2.05) is 36.9 Å². The molecule has 9 heteroatoms. The van der Waals surface area contributed by atoms with E-state index in [-0.39, 0.29) is 31.2 Å². The largest absolute Gasteiger partial charge is 0.478 e. The lowest BCUT2D eigenvalue weighted by Crippen LogP contribution is -2.30. The SMILES string of the molecule is C[N+](C)=c1ccc2c(-c3c(Cl)c(Cl)c(Cl)c(Cl)c3C(=O)O)c3cc4c5c(c3oc-2c1)CCCN5CCCC4. The lowest BCUT2D eigenvalue weighted by atomic mass is 9.86. The summed E-state index contributed by atoms with van der Waals surface area (Å²) < 4.78 is 8.69. The molecule has 0 radical (unpaired) electrons. The van der Waals surface area contributed by atoms with Crippen LogP contribution in [0.2, 0.25) is 20.1 Å². The van der Waals surface area contributed by atoms with Crippen molar-refractivity contribution in [2.75, 3.05) is 32.1 Å². The van der Waals surface area contributed by atoms with Gasteiger partial charge in [-0.1, -0.05) is 46.4 Å². The Morgan fingerprint density at radius 3 is 2.39 bits per heavy atom. The summed E-state index contributed by atoms with van der Waals surface area (Å²) in [6.07, 6.45) is 5.04. The number of fused-ring (bicyclic) bond motifs is 3. The molecule has 2 aromatic carbocycles. The monoisotopic (exact) mass is 589 g/mol. The van der Waals surface area contributed by atoms with E-state index in [9.17, 15) is 9.90 Å². The van der Waals surface area contributed by atoms with E-state index in [2.05, 4.69) is 11.0 Å². The van der Waals surface area contributed by atoms with Gasteiger partial charge in [0.2, 0.25) is 5.36 Å². The summed E-state index contributed by atoms with van der Waals surface area (Å²) in [6.45, 7) is 2.04. The van der Waals surface area contributed by atoms with Crippen molar-refractivity contribution >= 4 is 69.0 Å². The average molecular weight is 591 g/mol. The molecule has 0 atom stereocenters. The maximum atomic E-state index is 12.6. The molecule has 0 saturated carbocycles. The second kappa shape index (κ2) is 9.63. The second-order valence-corrected chi connectivity index (χ2v) is 11.7. The van der Waals surface area contributed by atoms with E-state index in [1.54, 1.807) is 0 Å². The van der Waals surface area contributed by atoms with E-state index in [0.29, 0.717) is 11.3 Å². The summed E-state index contributed by atoms with van der Waals surface area (Å²) in [5.74, 6) is -0.616. The van der Waals surface area contributed by atoms with Gasteiger partial charge in [0.1, 0.15) is 25.4 Å². The van der Waals surface area contributed by atoms with Crippen LogP contribution in [0.4, 0.5) is 5.69 Å². The van der Waals surface area contributed by atoms with Crippen LogP contribution in [0, 0.1) is 0 Å². The fraction of sp³-hybridized carbons (Fsp3) is 0.310. The predicted octanol–water partition coefficient (Wildman–Crippen LogP) is 7.64. The van der Waals surface area contributed by atoms with Gasteiger partial charge in [0.05, 0.1) is 31.7 Å². The minimum atomic E-state index is -1.24. The third-order valence-electron chi connectivity index (χ3n) is 7.69. The number of benzene rings is 3. The fourth-order valence-corrected chi connectivity index (χ4v) is 6.99. The Morgan fingerprint density at radius 2 is 1.66 bits per heavy atom. The Labute approximate surface area is 240 Å². The molecule has 0 amide bonds. The summed E-state index contributed by atoms with van der Waals surface area (Å²) in [4.78, 5) is 15.1. The third-order valence-corrected chi connectivity index (χ3v) is 9.49. The van der Waals surface area contributed by atoms with Gasteiger partial charge in [-0.25, -0.2) is 9.37 Å². The van der Waals surface area contributed by atoms with E-state index in [0.717, 1.165) is 72.6 Å². The number of carboxylic acids is 1. The summed E-state index contributed by atoms with van der Waals surface area (Å²) in [5.41, 5.74) is 5.81. The Kier molecular flexibility index (Phi) is 6.55. The van der Waals surface area contributed by atoms with Crippen LogP contribution in [0.1, 0.15) is 40.7 Å². The third kappa shape index (κ3) is 3.90. The number of halogens is 4. The van der Waals surface area contributed by atoms with Crippen molar-refractivity contribution in [3.63, 3.8) is 0 Å². The highest BCUT2D eigenvalue weighted by molar-refractivity contribution is 6.54. The number of aromatic carboxylic acids is 1. The average Bonchev–Trinajstić information content (AvgIpc) is 3.11. The lowest BCUT2D eigenvalue weighted by Gasteiger charge is -2.33. The number of aryl methyl sites for hydroxylation is 2. The summed E-state index contributed by atoms with van der Waals surface area (Å²) >= 11 is 26.2. The number of carbonyl (C=O) groups is 1. The maximum absolute atomic E-state index is 12.6. The number of anilines is 1. The molecule has 2 aromatic rings. The van der Waals surface area contributed by atoms with Gasteiger partial charge < -0.3 is 14.4 Å². The minimum Gasteiger partial charge on any atom is -0.478 e. The number of nitrogens with zero attached hydrogens (tertiary/aromatic N) is 2. The zero-order valence-corrected chi connectivity index (χ0v) is 24.0. The van der Waals surface area contributed by atoms with Crippen LogP contribution in [-0.2, 0) is 12.8 Å². The highest BCUT2D eigenvalue weighted by Crippen LogP contribution is 2.52. The molecule has 0 unspecified atom stereocenters. The van der Waals surface area contributed by atoms with E-state index in [1.165, 1.54) is 11.3 Å². The zero-order valence-electron chi connectivity index (χ0n) is 20.9. The molecule has 1 aliphatic carbocycles. The first-order valence-electron chi connectivity index (χ1n) is 12.6. The van der Waals surface area contributed by atoms with Crippen molar-refractivity contribution in [2.45, 2.75) is 32.1 Å². The van der Waals surface area contributed by atoms with E-state index in [4.69, 9.17) is 50.8 Å². The van der Waals surface area contributed by atoms with Crippen molar-refractivity contribution in [2.24, 2.45) is 0 Å². The first kappa shape index (κ1) is 25.8. The van der Waals surface area contributed by atoms with Crippen LogP contribution in [0.5, 0.6) is 0 Å². The van der Waals surface area contributed by atoms with Gasteiger partial charge in [-0.2, -0.15) is 0 Å². The molecule has 3 heterocycles. The molecule has 4 aliphatic rings. The summed E-state index contributed by atoms with van der Waals surface area (Å²) in [6, 6.07) is 8.01. The Bertz CT molecular complexity index is 1710. The highest BCUT2D eigenvalue weighted by atomic mass is 35.5. The summed E-state index contributed by atoms with van der Waals surface area (Å²) in [7, 11) is 3.92. The van der Waals surface area contributed by atoms with Gasteiger partial charge in [0.15, 0.2) is 0 Å². The normalized spacial score (nSPS) is 15.1. The van der Waals surface area contributed by atoms with Crippen molar-refractivity contribution in [3.8, 4) is 22.5 Å². The molecule has 38 heavy (non-hydrogen) atoms. The van der Waals surface area contributed by atoms with Gasteiger partial charge in [0, 0.05) is 52.5 Å². The lowest BCUT2D eigenvalue weighted by molar-refractivity contribution is 0.0698. The smallest absolute Gasteiger partial charge is 0.337 e.